The molecule has 0 saturated carbocycles. The lowest BCUT2D eigenvalue weighted by Gasteiger charge is -2.24. The molecule has 2 aliphatic heterocycles. The summed E-state index contributed by atoms with van der Waals surface area (Å²) in [5.41, 5.74) is 6.62. The topological polar surface area (TPSA) is 76.3 Å². The van der Waals surface area contributed by atoms with Gasteiger partial charge in [-0.25, -0.2) is 4.98 Å². The minimum atomic E-state index is 0.326. The highest BCUT2D eigenvalue weighted by Crippen LogP contribution is 2.28. The van der Waals surface area contributed by atoms with E-state index in [-0.39, 0.29) is 0 Å². The Morgan fingerprint density at radius 2 is 2.37 bits per heavy atom. The maximum atomic E-state index is 5.78. The van der Waals surface area contributed by atoms with Crippen molar-refractivity contribution in [2.24, 2.45) is 5.92 Å². The maximum absolute atomic E-state index is 5.78. The molecule has 0 bridgehead atoms. The highest BCUT2D eigenvalue weighted by molar-refractivity contribution is 5.45. The monoisotopic (exact) mass is 263 g/mol. The fourth-order valence-corrected chi connectivity index (χ4v) is 3.12. The van der Waals surface area contributed by atoms with E-state index in [1.165, 1.54) is 12.8 Å². The van der Waals surface area contributed by atoms with Crippen molar-refractivity contribution in [1.82, 2.24) is 15.3 Å². The fourth-order valence-electron chi connectivity index (χ4n) is 3.12. The van der Waals surface area contributed by atoms with Gasteiger partial charge in [0.05, 0.1) is 12.3 Å². The Labute approximate surface area is 113 Å². The van der Waals surface area contributed by atoms with E-state index in [1.807, 2.05) is 6.07 Å². The molecule has 104 valence electrons. The fraction of sp³-hybridized carbons (Fsp3) is 0.692. The molecule has 1 aromatic heterocycles. The first-order chi connectivity index (χ1) is 9.26. The second kappa shape index (κ2) is 5.30. The Kier molecular flexibility index (Phi) is 3.52. The third kappa shape index (κ3) is 2.64. The molecular weight excluding hydrogens is 242 g/mol. The molecule has 6 nitrogen and oxygen atoms in total. The van der Waals surface area contributed by atoms with E-state index in [2.05, 4.69) is 20.2 Å². The van der Waals surface area contributed by atoms with Crippen LogP contribution in [0.4, 0.5) is 11.8 Å². The summed E-state index contributed by atoms with van der Waals surface area (Å²) in [4.78, 5) is 10.9. The molecule has 19 heavy (non-hydrogen) atoms. The number of aromatic nitrogens is 2. The van der Waals surface area contributed by atoms with Gasteiger partial charge in [0.2, 0.25) is 5.95 Å². The van der Waals surface area contributed by atoms with Crippen LogP contribution in [0, 0.1) is 5.92 Å². The van der Waals surface area contributed by atoms with Crippen LogP contribution in [0.15, 0.2) is 6.07 Å². The normalized spacial score (nSPS) is 26.5. The van der Waals surface area contributed by atoms with Crippen molar-refractivity contribution in [1.29, 1.82) is 0 Å². The van der Waals surface area contributed by atoms with E-state index in [4.69, 9.17) is 10.5 Å². The minimum absolute atomic E-state index is 0.326. The van der Waals surface area contributed by atoms with Gasteiger partial charge in [0.15, 0.2) is 0 Å². The maximum Gasteiger partial charge on any atom is 0.222 e. The standard InChI is InChI=1S/C13H21N5O/c1-19-8-10-5-12(17-13(14)16-10)18-6-9-3-2-4-15-11(9)7-18/h5,9,11,15H,2-4,6-8H2,1H3,(H2,14,16,17). The van der Waals surface area contributed by atoms with Gasteiger partial charge in [0, 0.05) is 32.3 Å². The second-order valence-electron chi connectivity index (χ2n) is 5.38. The summed E-state index contributed by atoms with van der Waals surface area (Å²) >= 11 is 0. The minimum Gasteiger partial charge on any atom is -0.378 e. The lowest BCUT2D eigenvalue weighted by molar-refractivity contribution is 0.181. The predicted molar refractivity (Wildman–Crippen MR) is 73.9 cm³/mol. The van der Waals surface area contributed by atoms with Gasteiger partial charge >= 0.3 is 0 Å². The van der Waals surface area contributed by atoms with Crippen molar-refractivity contribution in [3.05, 3.63) is 11.8 Å². The first kappa shape index (κ1) is 12.6. The number of rotatable bonds is 3. The summed E-state index contributed by atoms with van der Waals surface area (Å²) in [5.74, 6) is 1.99. The molecule has 2 fully saturated rings. The van der Waals surface area contributed by atoms with Crippen molar-refractivity contribution in [3.8, 4) is 0 Å². The molecule has 0 aliphatic carbocycles. The summed E-state index contributed by atoms with van der Waals surface area (Å²) in [5, 5.41) is 3.59. The van der Waals surface area contributed by atoms with Crippen molar-refractivity contribution in [2.45, 2.75) is 25.5 Å². The van der Waals surface area contributed by atoms with Gasteiger partial charge in [0.25, 0.3) is 0 Å². The molecule has 0 spiro atoms. The van der Waals surface area contributed by atoms with Crippen LogP contribution in [0.2, 0.25) is 0 Å². The van der Waals surface area contributed by atoms with Gasteiger partial charge in [-0.1, -0.05) is 0 Å². The third-order valence-electron chi connectivity index (χ3n) is 4.00. The Bertz CT molecular complexity index is 439. The van der Waals surface area contributed by atoms with Gasteiger partial charge < -0.3 is 20.7 Å². The Morgan fingerprint density at radius 1 is 1.47 bits per heavy atom. The molecule has 3 heterocycles. The average molecular weight is 263 g/mol. The number of methoxy groups -OCH3 is 1. The smallest absolute Gasteiger partial charge is 0.222 e. The molecule has 1 aromatic rings. The molecule has 2 unspecified atom stereocenters. The van der Waals surface area contributed by atoms with Gasteiger partial charge in [-0.3, -0.25) is 0 Å². The average Bonchev–Trinajstić information content (AvgIpc) is 2.82. The molecule has 0 radical (unpaired) electrons. The van der Waals surface area contributed by atoms with E-state index in [1.54, 1.807) is 7.11 Å². The number of ether oxygens (including phenoxy) is 1. The van der Waals surface area contributed by atoms with Crippen LogP contribution >= 0.6 is 0 Å². The number of nitrogens with two attached hydrogens (primary N) is 1. The summed E-state index contributed by atoms with van der Waals surface area (Å²) in [7, 11) is 1.66. The van der Waals surface area contributed by atoms with Crippen LogP contribution in [-0.4, -0.2) is 42.8 Å². The summed E-state index contributed by atoms with van der Waals surface area (Å²) in [6.07, 6.45) is 2.58. The highest BCUT2D eigenvalue weighted by atomic mass is 16.5. The first-order valence-corrected chi connectivity index (χ1v) is 6.87. The largest absolute Gasteiger partial charge is 0.378 e. The first-order valence-electron chi connectivity index (χ1n) is 6.87. The summed E-state index contributed by atoms with van der Waals surface area (Å²) < 4.78 is 5.12. The Morgan fingerprint density at radius 3 is 3.16 bits per heavy atom. The molecule has 2 aliphatic rings. The van der Waals surface area contributed by atoms with Crippen molar-refractivity contribution < 1.29 is 4.74 Å². The van der Waals surface area contributed by atoms with Crippen LogP contribution in [0.1, 0.15) is 18.5 Å². The van der Waals surface area contributed by atoms with E-state index in [0.717, 1.165) is 37.1 Å². The van der Waals surface area contributed by atoms with Gasteiger partial charge in [-0.05, 0) is 25.3 Å². The molecule has 2 saturated heterocycles. The number of nitrogen functional groups attached to an aromatic ring is 1. The van der Waals surface area contributed by atoms with E-state index >= 15 is 0 Å². The van der Waals surface area contributed by atoms with Crippen LogP contribution in [-0.2, 0) is 11.3 Å². The van der Waals surface area contributed by atoms with Crippen LogP contribution in [0.5, 0.6) is 0 Å². The predicted octanol–water partition coefficient (Wildman–Crippen LogP) is 0.393. The molecule has 3 N–H and O–H groups in total. The van der Waals surface area contributed by atoms with Gasteiger partial charge in [-0.15, -0.1) is 0 Å². The highest BCUT2D eigenvalue weighted by Gasteiger charge is 2.34. The molecule has 6 heteroatoms. The lowest BCUT2D eigenvalue weighted by atomic mass is 9.94. The number of hydrogen-bond donors (Lipinski definition) is 2. The van der Waals surface area contributed by atoms with Gasteiger partial charge in [-0.2, -0.15) is 4.98 Å². The number of nitrogens with one attached hydrogen (secondary N) is 1. The number of hydrogen-bond acceptors (Lipinski definition) is 6. The van der Waals surface area contributed by atoms with E-state index in [0.29, 0.717) is 18.6 Å². The molecule has 2 atom stereocenters. The number of nitrogens with zero attached hydrogens (tertiary/aromatic N) is 3. The Balaban J connectivity index is 1.78. The van der Waals surface area contributed by atoms with Crippen LogP contribution < -0.4 is 16.0 Å². The zero-order valence-corrected chi connectivity index (χ0v) is 11.3. The quantitative estimate of drug-likeness (QED) is 0.822. The Hall–Kier alpha value is -1.40. The summed E-state index contributed by atoms with van der Waals surface area (Å²) in [6.45, 7) is 3.67. The van der Waals surface area contributed by atoms with Crippen molar-refractivity contribution >= 4 is 11.8 Å². The lowest BCUT2D eigenvalue weighted by Crippen LogP contribution is -2.40. The number of anilines is 2. The molecule has 3 rings (SSSR count). The summed E-state index contributed by atoms with van der Waals surface area (Å²) in [6, 6.07) is 2.58. The molecule has 0 amide bonds. The number of fused-ring (bicyclic) bond motifs is 1. The van der Waals surface area contributed by atoms with Crippen LogP contribution in [0.25, 0.3) is 0 Å². The molecule has 0 aromatic carbocycles. The SMILES string of the molecule is COCc1cc(N2CC3CCCNC3C2)nc(N)n1. The van der Waals surface area contributed by atoms with E-state index < -0.39 is 0 Å². The van der Waals surface area contributed by atoms with Crippen LogP contribution in [0.3, 0.4) is 0 Å². The zero-order valence-electron chi connectivity index (χ0n) is 11.3. The van der Waals surface area contributed by atoms with Crippen molar-refractivity contribution in [2.75, 3.05) is 37.4 Å². The van der Waals surface area contributed by atoms with E-state index in [9.17, 15) is 0 Å². The number of piperidine rings is 1. The van der Waals surface area contributed by atoms with Crippen molar-refractivity contribution in [3.63, 3.8) is 0 Å². The molecular formula is C13H21N5O. The van der Waals surface area contributed by atoms with Gasteiger partial charge in [0.1, 0.15) is 5.82 Å². The second-order valence-corrected chi connectivity index (χ2v) is 5.38. The third-order valence-corrected chi connectivity index (χ3v) is 4.00. The zero-order chi connectivity index (χ0) is 13.2.